The van der Waals surface area contributed by atoms with Gasteiger partial charge in [-0.05, 0) is 38.8 Å². The SMILES string of the molecule is CC(C)(C)n1cc(CN2C[C@@H](CN)[C@H](c3ccccc3)C2)nn1.Cl. The molecule has 2 aromatic rings. The van der Waals surface area contributed by atoms with Crippen LogP contribution in [0, 0.1) is 5.92 Å². The van der Waals surface area contributed by atoms with E-state index < -0.39 is 0 Å². The lowest BCUT2D eigenvalue weighted by Gasteiger charge is -2.18. The fourth-order valence-corrected chi connectivity index (χ4v) is 3.33. The number of rotatable bonds is 4. The molecule has 0 saturated carbocycles. The first-order valence-electron chi connectivity index (χ1n) is 8.36. The van der Waals surface area contributed by atoms with Gasteiger partial charge in [-0.2, -0.15) is 0 Å². The fourth-order valence-electron chi connectivity index (χ4n) is 3.33. The summed E-state index contributed by atoms with van der Waals surface area (Å²) in [5.74, 6) is 1.02. The second-order valence-corrected chi connectivity index (χ2v) is 7.53. The van der Waals surface area contributed by atoms with Crippen LogP contribution in [0.25, 0.3) is 0 Å². The van der Waals surface area contributed by atoms with Gasteiger partial charge in [0.15, 0.2) is 0 Å². The van der Waals surface area contributed by atoms with Crippen molar-refractivity contribution in [1.29, 1.82) is 0 Å². The van der Waals surface area contributed by atoms with Crippen molar-refractivity contribution < 1.29 is 0 Å². The average Bonchev–Trinajstić information content (AvgIpc) is 3.15. The summed E-state index contributed by atoms with van der Waals surface area (Å²) in [4.78, 5) is 2.45. The van der Waals surface area contributed by atoms with Crippen molar-refractivity contribution in [2.45, 2.75) is 38.8 Å². The Labute approximate surface area is 150 Å². The van der Waals surface area contributed by atoms with E-state index in [-0.39, 0.29) is 17.9 Å². The van der Waals surface area contributed by atoms with Gasteiger partial charge < -0.3 is 5.73 Å². The molecule has 1 fully saturated rings. The van der Waals surface area contributed by atoms with Gasteiger partial charge in [-0.25, -0.2) is 4.68 Å². The predicted molar refractivity (Wildman–Crippen MR) is 99.3 cm³/mol. The van der Waals surface area contributed by atoms with Crippen molar-refractivity contribution in [3.63, 3.8) is 0 Å². The highest BCUT2D eigenvalue weighted by atomic mass is 35.5. The molecule has 1 aliphatic heterocycles. The minimum Gasteiger partial charge on any atom is -0.330 e. The molecule has 0 unspecified atom stereocenters. The molecular weight excluding hydrogens is 322 g/mol. The van der Waals surface area contributed by atoms with Crippen molar-refractivity contribution in [1.82, 2.24) is 19.9 Å². The highest BCUT2D eigenvalue weighted by molar-refractivity contribution is 5.85. The molecule has 132 valence electrons. The third kappa shape index (κ3) is 4.15. The molecule has 3 rings (SSSR count). The van der Waals surface area contributed by atoms with Crippen LogP contribution in [-0.2, 0) is 12.1 Å². The number of nitrogens with zero attached hydrogens (tertiary/aromatic N) is 4. The van der Waals surface area contributed by atoms with E-state index in [2.05, 4.69) is 72.5 Å². The van der Waals surface area contributed by atoms with Crippen molar-refractivity contribution in [3.05, 3.63) is 47.8 Å². The van der Waals surface area contributed by atoms with Crippen LogP contribution in [0.15, 0.2) is 36.5 Å². The second-order valence-electron chi connectivity index (χ2n) is 7.53. The topological polar surface area (TPSA) is 60.0 Å². The van der Waals surface area contributed by atoms with Crippen LogP contribution in [0.5, 0.6) is 0 Å². The molecule has 0 spiro atoms. The molecule has 1 aromatic carbocycles. The van der Waals surface area contributed by atoms with Crippen LogP contribution in [0.3, 0.4) is 0 Å². The molecule has 24 heavy (non-hydrogen) atoms. The molecule has 0 bridgehead atoms. The molecule has 2 atom stereocenters. The molecule has 2 heterocycles. The molecule has 0 radical (unpaired) electrons. The Morgan fingerprint density at radius 2 is 1.88 bits per heavy atom. The van der Waals surface area contributed by atoms with Gasteiger partial charge >= 0.3 is 0 Å². The van der Waals surface area contributed by atoms with Crippen molar-refractivity contribution in [3.8, 4) is 0 Å². The summed E-state index contributed by atoms with van der Waals surface area (Å²) in [6, 6.07) is 10.7. The van der Waals surface area contributed by atoms with Gasteiger partial charge in [-0.3, -0.25) is 4.90 Å². The first kappa shape index (κ1) is 18.9. The summed E-state index contributed by atoms with van der Waals surface area (Å²) in [6.45, 7) is 10.0. The molecule has 0 amide bonds. The van der Waals surface area contributed by atoms with Crippen LogP contribution in [0.4, 0.5) is 0 Å². The molecule has 0 aliphatic carbocycles. The zero-order chi connectivity index (χ0) is 16.4. The van der Waals surface area contributed by atoms with E-state index in [0.717, 1.165) is 31.9 Å². The molecule has 5 nitrogen and oxygen atoms in total. The Morgan fingerprint density at radius 3 is 2.46 bits per heavy atom. The summed E-state index contributed by atoms with van der Waals surface area (Å²) in [5.41, 5.74) is 8.42. The highest BCUT2D eigenvalue weighted by Gasteiger charge is 2.33. The second kappa shape index (κ2) is 7.64. The number of aromatic nitrogens is 3. The lowest BCUT2D eigenvalue weighted by molar-refractivity contribution is 0.312. The van der Waals surface area contributed by atoms with E-state index in [0.29, 0.717) is 11.8 Å². The van der Waals surface area contributed by atoms with E-state index in [4.69, 9.17) is 5.73 Å². The van der Waals surface area contributed by atoms with Crippen LogP contribution < -0.4 is 5.73 Å². The van der Waals surface area contributed by atoms with Gasteiger partial charge in [-0.1, -0.05) is 35.5 Å². The van der Waals surface area contributed by atoms with Crippen LogP contribution >= 0.6 is 12.4 Å². The van der Waals surface area contributed by atoms with Crippen molar-refractivity contribution >= 4 is 12.4 Å². The monoisotopic (exact) mass is 349 g/mol. The third-order valence-corrected chi connectivity index (χ3v) is 4.66. The average molecular weight is 350 g/mol. The minimum absolute atomic E-state index is 0. The van der Waals surface area contributed by atoms with Crippen LogP contribution in [0.2, 0.25) is 0 Å². The maximum atomic E-state index is 6.02. The summed E-state index contributed by atoms with van der Waals surface area (Å²) >= 11 is 0. The molecule has 1 aromatic heterocycles. The molecular formula is C18H28ClN5. The van der Waals surface area contributed by atoms with Gasteiger partial charge in [0.05, 0.1) is 17.4 Å². The Hall–Kier alpha value is -1.43. The molecule has 6 heteroatoms. The summed E-state index contributed by atoms with van der Waals surface area (Å²) < 4.78 is 1.94. The minimum atomic E-state index is -0.0252. The Bertz CT molecular complexity index is 634. The van der Waals surface area contributed by atoms with Gasteiger partial charge in [0, 0.05) is 25.6 Å². The van der Waals surface area contributed by atoms with E-state index in [1.54, 1.807) is 0 Å². The molecule has 1 aliphatic rings. The van der Waals surface area contributed by atoms with E-state index >= 15 is 0 Å². The van der Waals surface area contributed by atoms with Gasteiger partial charge in [0.2, 0.25) is 0 Å². The van der Waals surface area contributed by atoms with Gasteiger partial charge in [0.1, 0.15) is 0 Å². The summed E-state index contributed by atoms with van der Waals surface area (Å²) in [7, 11) is 0. The number of likely N-dealkylation sites (tertiary alicyclic amines) is 1. The quantitative estimate of drug-likeness (QED) is 0.921. The zero-order valence-electron chi connectivity index (χ0n) is 14.7. The number of hydrogen-bond acceptors (Lipinski definition) is 4. The van der Waals surface area contributed by atoms with Gasteiger partial charge in [-0.15, -0.1) is 17.5 Å². The summed E-state index contributed by atoms with van der Waals surface area (Å²) in [6.07, 6.45) is 2.06. The van der Waals surface area contributed by atoms with E-state index in [1.807, 2.05) is 4.68 Å². The first-order valence-corrected chi connectivity index (χ1v) is 8.36. The maximum absolute atomic E-state index is 6.02. The Morgan fingerprint density at radius 1 is 1.17 bits per heavy atom. The number of nitrogens with two attached hydrogens (primary N) is 1. The normalized spacial score (nSPS) is 21.7. The molecule has 1 saturated heterocycles. The number of benzene rings is 1. The van der Waals surface area contributed by atoms with Crippen molar-refractivity contribution in [2.75, 3.05) is 19.6 Å². The lowest BCUT2D eigenvalue weighted by atomic mass is 9.89. The van der Waals surface area contributed by atoms with E-state index in [9.17, 15) is 0 Å². The molecule has 2 N–H and O–H groups in total. The van der Waals surface area contributed by atoms with E-state index in [1.165, 1.54) is 5.56 Å². The predicted octanol–water partition coefficient (Wildman–Crippen LogP) is 2.63. The number of hydrogen-bond donors (Lipinski definition) is 1. The zero-order valence-corrected chi connectivity index (χ0v) is 15.5. The fraction of sp³-hybridized carbons (Fsp3) is 0.556. The summed E-state index contributed by atoms with van der Waals surface area (Å²) in [5, 5.41) is 8.60. The van der Waals surface area contributed by atoms with Gasteiger partial charge in [0.25, 0.3) is 0 Å². The van der Waals surface area contributed by atoms with Crippen LogP contribution in [0.1, 0.15) is 37.9 Å². The highest BCUT2D eigenvalue weighted by Crippen LogP contribution is 2.32. The Kier molecular flexibility index (Phi) is 6.01. The van der Waals surface area contributed by atoms with Crippen molar-refractivity contribution in [2.24, 2.45) is 11.7 Å². The Balaban J connectivity index is 0.00000208. The third-order valence-electron chi connectivity index (χ3n) is 4.66. The smallest absolute Gasteiger partial charge is 0.0967 e. The van der Waals surface area contributed by atoms with Crippen LogP contribution in [-0.4, -0.2) is 39.5 Å². The lowest BCUT2D eigenvalue weighted by Crippen LogP contribution is -2.23. The number of halogens is 1. The largest absolute Gasteiger partial charge is 0.330 e. The standard InChI is InChI=1S/C18H27N5.ClH/c1-18(2,3)23-12-16(20-21-23)11-22-10-15(9-19)17(13-22)14-7-5-4-6-8-14;/h4-8,12,15,17H,9-11,13,19H2,1-3H3;1H/t15-,17+;/m1./s1. The first-order chi connectivity index (χ1) is 11.0. The maximum Gasteiger partial charge on any atom is 0.0967 e.